The molecule has 7 heavy (non-hydrogen) atoms. The maximum Gasteiger partial charge on any atom is 0.357 e. The Morgan fingerprint density at radius 1 is 2.00 bits per heavy atom. The van der Waals surface area contributed by atoms with Gasteiger partial charge in [-0.1, -0.05) is 12.3 Å². The molecule has 0 rings (SSSR count). The van der Waals surface area contributed by atoms with E-state index in [2.05, 4.69) is 16.5 Å². The van der Waals surface area contributed by atoms with Crippen molar-refractivity contribution >= 4 is 11.4 Å². The lowest BCUT2D eigenvalue weighted by Crippen LogP contribution is -1.83. The van der Waals surface area contributed by atoms with E-state index < -0.39 is 11.4 Å². The zero-order valence-electron chi connectivity index (χ0n) is 3.46. The molecule has 0 aliphatic carbocycles. The Kier molecular flexibility index (Phi) is 3.32. The second-order valence-corrected chi connectivity index (χ2v) is 1.26. The average molecular weight is 120 g/mol. The lowest BCUT2D eigenvalue weighted by Gasteiger charge is -1.82. The Hall–Kier alpha value is -0.570. The minimum Gasteiger partial charge on any atom is -0.380 e. The second kappa shape index (κ2) is 3.61. The number of hydrogen-bond acceptors (Lipinski definition) is 2. The van der Waals surface area contributed by atoms with Gasteiger partial charge in [-0.25, -0.2) is 0 Å². The molecule has 1 N–H and O–H groups in total. The SMILES string of the molecule is C=C=COS(=O)O. The van der Waals surface area contributed by atoms with E-state index in [1.54, 1.807) is 0 Å². The van der Waals surface area contributed by atoms with E-state index >= 15 is 0 Å². The third-order valence-corrected chi connectivity index (χ3v) is 0.475. The van der Waals surface area contributed by atoms with Crippen LogP contribution in [0.4, 0.5) is 0 Å². The quantitative estimate of drug-likeness (QED) is 0.326. The maximum atomic E-state index is 9.55. The molecule has 0 aliphatic rings. The number of rotatable bonds is 2. The first-order valence-corrected chi connectivity index (χ1v) is 2.43. The van der Waals surface area contributed by atoms with E-state index in [0.29, 0.717) is 0 Å². The summed E-state index contributed by atoms with van der Waals surface area (Å²) in [7, 11) is 0. The molecule has 1 atom stereocenters. The zero-order chi connectivity index (χ0) is 5.70. The highest BCUT2D eigenvalue weighted by Gasteiger charge is 1.80. The third-order valence-electron chi connectivity index (χ3n) is 0.214. The van der Waals surface area contributed by atoms with Gasteiger partial charge in [0.05, 0.1) is 0 Å². The zero-order valence-corrected chi connectivity index (χ0v) is 4.27. The highest BCUT2D eigenvalue weighted by Crippen LogP contribution is 1.75. The highest BCUT2D eigenvalue weighted by molar-refractivity contribution is 7.74. The van der Waals surface area contributed by atoms with E-state index in [-0.39, 0.29) is 0 Å². The average Bonchev–Trinajstić information content (AvgIpc) is 1.61. The fourth-order valence-corrected chi connectivity index (χ4v) is 0.226. The second-order valence-electron chi connectivity index (χ2n) is 0.635. The van der Waals surface area contributed by atoms with Gasteiger partial charge in [-0.3, -0.25) is 4.55 Å². The van der Waals surface area contributed by atoms with Crippen molar-refractivity contribution in [2.24, 2.45) is 0 Å². The molecule has 0 spiro atoms. The lowest BCUT2D eigenvalue weighted by atomic mass is 11.0. The van der Waals surface area contributed by atoms with Gasteiger partial charge in [-0.2, -0.15) is 4.21 Å². The topological polar surface area (TPSA) is 46.5 Å². The van der Waals surface area contributed by atoms with Gasteiger partial charge in [0.1, 0.15) is 6.26 Å². The summed E-state index contributed by atoms with van der Waals surface area (Å²) in [5.74, 6) is 0. The number of hydrogen-bond donors (Lipinski definition) is 1. The summed E-state index contributed by atoms with van der Waals surface area (Å²) >= 11 is -2.22. The molecule has 0 heterocycles. The van der Waals surface area contributed by atoms with Gasteiger partial charge in [-0.05, 0) is 0 Å². The molecule has 0 saturated carbocycles. The van der Waals surface area contributed by atoms with Gasteiger partial charge < -0.3 is 4.18 Å². The van der Waals surface area contributed by atoms with Crippen LogP contribution >= 0.6 is 0 Å². The molecule has 0 saturated heterocycles. The summed E-state index contributed by atoms with van der Waals surface area (Å²) in [6.07, 6.45) is 0.913. The lowest BCUT2D eigenvalue weighted by molar-refractivity contribution is 0.420. The van der Waals surface area contributed by atoms with Crippen molar-refractivity contribution in [2.75, 3.05) is 0 Å². The molecule has 0 aliphatic heterocycles. The summed E-state index contributed by atoms with van der Waals surface area (Å²) in [5.41, 5.74) is 2.15. The van der Waals surface area contributed by atoms with Crippen LogP contribution in [0.25, 0.3) is 0 Å². The van der Waals surface area contributed by atoms with E-state index in [0.717, 1.165) is 6.26 Å². The summed E-state index contributed by atoms with van der Waals surface area (Å²) < 4.78 is 21.3. The molecular formula is C3H4O3S. The molecule has 1 unspecified atom stereocenters. The molecular weight excluding hydrogens is 116 g/mol. The summed E-state index contributed by atoms with van der Waals surface area (Å²) in [4.78, 5) is 0. The minimum absolute atomic E-state index is 0.913. The molecule has 0 aromatic heterocycles. The van der Waals surface area contributed by atoms with Crippen molar-refractivity contribution in [2.45, 2.75) is 0 Å². The van der Waals surface area contributed by atoms with Crippen LogP contribution in [0, 0.1) is 0 Å². The smallest absolute Gasteiger partial charge is 0.357 e. The van der Waals surface area contributed by atoms with Gasteiger partial charge >= 0.3 is 11.4 Å². The third kappa shape index (κ3) is 5.43. The molecule has 0 aromatic rings. The minimum atomic E-state index is -2.22. The van der Waals surface area contributed by atoms with E-state index in [9.17, 15) is 4.21 Å². The van der Waals surface area contributed by atoms with Crippen LogP contribution < -0.4 is 0 Å². The van der Waals surface area contributed by atoms with Gasteiger partial charge in [0.2, 0.25) is 0 Å². The van der Waals surface area contributed by atoms with Crippen molar-refractivity contribution in [3.8, 4) is 0 Å². The van der Waals surface area contributed by atoms with Crippen LogP contribution in [0.1, 0.15) is 0 Å². The summed E-state index contributed by atoms with van der Waals surface area (Å²) in [5, 5.41) is 0. The molecule has 40 valence electrons. The molecule has 0 amide bonds. The monoisotopic (exact) mass is 120 g/mol. The van der Waals surface area contributed by atoms with E-state index in [1.807, 2.05) is 0 Å². The molecule has 3 nitrogen and oxygen atoms in total. The Balaban J connectivity index is 3.32. The van der Waals surface area contributed by atoms with Crippen LogP contribution in [0.5, 0.6) is 0 Å². The predicted molar refractivity (Wildman–Crippen MR) is 25.6 cm³/mol. The van der Waals surface area contributed by atoms with Crippen molar-refractivity contribution in [3.05, 3.63) is 18.6 Å². The van der Waals surface area contributed by atoms with Crippen molar-refractivity contribution in [1.29, 1.82) is 0 Å². The normalized spacial score (nSPS) is 11.6. The Morgan fingerprint density at radius 2 is 2.57 bits per heavy atom. The van der Waals surface area contributed by atoms with Gasteiger partial charge in [0, 0.05) is 0 Å². The Morgan fingerprint density at radius 3 is 2.71 bits per heavy atom. The summed E-state index contributed by atoms with van der Waals surface area (Å²) in [6.45, 7) is 3.08. The van der Waals surface area contributed by atoms with Gasteiger partial charge in [0.25, 0.3) is 0 Å². The predicted octanol–water partition coefficient (Wildman–Crippen LogP) is 0.438. The highest BCUT2D eigenvalue weighted by atomic mass is 32.2. The first-order valence-electron chi connectivity index (χ1n) is 1.39. The van der Waals surface area contributed by atoms with Gasteiger partial charge in [-0.15, -0.1) is 0 Å². The van der Waals surface area contributed by atoms with Crippen molar-refractivity contribution in [3.63, 3.8) is 0 Å². The van der Waals surface area contributed by atoms with Crippen LogP contribution in [-0.2, 0) is 15.5 Å². The molecule has 0 aromatic carbocycles. The molecule has 4 heteroatoms. The first kappa shape index (κ1) is 6.43. The van der Waals surface area contributed by atoms with Crippen molar-refractivity contribution < 1.29 is 12.9 Å². The van der Waals surface area contributed by atoms with E-state index in [4.69, 9.17) is 4.55 Å². The van der Waals surface area contributed by atoms with Crippen LogP contribution in [0.3, 0.4) is 0 Å². The fourth-order valence-electron chi connectivity index (χ4n) is 0.0752. The standard InChI is InChI=1S/C3H4O3S/c1-2-3-6-7(4)5/h3H,1H2,(H,4,5). The molecule has 0 bridgehead atoms. The fraction of sp³-hybridized carbons (Fsp3) is 0. The van der Waals surface area contributed by atoms with Gasteiger partial charge in [0.15, 0.2) is 0 Å². The summed E-state index contributed by atoms with van der Waals surface area (Å²) in [6, 6.07) is 0. The molecule has 0 fully saturated rings. The largest absolute Gasteiger partial charge is 0.380 e. The Bertz CT molecular complexity index is 113. The van der Waals surface area contributed by atoms with Crippen LogP contribution in [0.15, 0.2) is 18.6 Å². The molecule has 0 radical (unpaired) electrons. The van der Waals surface area contributed by atoms with Crippen LogP contribution in [0.2, 0.25) is 0 Å². The Labute approximate surface area is 43.8 Å². The maximum absolute atomic E-state index is 9.55. The first-order chi connectivity index (χ1) is 3.27. The van der Waals surface area contributed by atoms with Crippen LogP contribution in [-0.4, -0.2) is 8.76 Å². The van der Waals surface area contributed by atoms with Crippen molar-refractivity contribution in [1.82, 2.24) is 0 Å². The van der Waals surface area contributed by atoms with E-state index in [1.165, 1.54) is 0 Å².